The Hall–Kier alpha value is -1.22. The summed E-state index contributed by atoms with van der Waals surface area (Å²) >= 11 is 0. The molecule has 0 amide bonds. The molecule has 3 nitrogen and oxygen atoms in total. The quantitative estimate of drug-likeness (QED) is 0.827. The van der Waals surface area contributed by atoms with Crippen LogP contribution in [0.25, 0.3) is 0 Å². The number of hydrogen-bond donors (Lipinski definition) is 1. The molecule has 0 saturated carbocycles. The second-order valence-corrected chi connectivity index (χ2v) is 3.62. The predicted octanol–water partition coefficient (Wildman–Crippen LogP) is 2.11. The van der Waals surface area contributed by atoms with E-state index in [0.29, 0.717) is 0 Å². The van der Waals surface area contributed by atoms with E-state index in [1.165, 1.54) is 0 Å². The maximum Gasteiger partial charge on any atom is 0.129 e. The van der Waals surface area contributed by atoms with Gasteiger partial charge in [-0.25, -0.2) is 0 Å². The average Bonchev–Trinajstić information content (AvgIpc) is 2.27. The van der Waals surface area contributed by atoms with Gasteiger partial charge in [-0.3, -0.25) is 0 Å². The van der Waals surface area contributed by atoms with E-state index in [9.17, 15) is 5.11 Å². The Bertz CT molecular complexity index is 334. The van der Waals surface area contributed by atoms with Crippen LogP contribution in [0.15, 0.2) is 12.1 Å². The second kappa shape index (κ2) is 5.03. The van der Waals surface area contributed by atoms with Crippen molar-refractivity contribution >= 4 is 0 Å². The highest BCUT2D eigenvalue weighted by atomic mass is 16.5. The standard InChI is InChI=1S/C12H18O3/c1-8-5-6-10(14-3)11(9(2)7-13)12(8)15-4/h5-6,9,13H,7H2,1-4H3. The summed E-state index contributed by atoms with van der Waals surface area (Å²) in [6, 6.07) is 3.85. The van der Waals surface area contributed by atoms with Crippen LogP contribution in [-0.4, -0.2) is 25.9 Å². The van der Waals surface area contributed by atoms with Crippen LogP contribution in [0.3, 0.4) is 0 Å². The molecule has 1 atom stereocenters. The molecule has 1 unspecified atom stereocenters. The minimum Gasteiger partial charge on any atom is -0.496 e. The van der Waals surface area contributed by atoms with Crippen LogP contribution >= 0.6 is 0 Å². The fourth-order valence-electron chi connectivity index (χ4n) is 1.70. The third-order valence-electron chi connectivity index (χ3n) is 2.54. The highest BCUT2D eigenvalue weighted by Crippen LogP contribution is 2.37. The van der Waals surface area contributed by atoms with Crippen LogP contribution < -0.4 is 9.47 Å². The largest absolute Gasteiger partial charge is 0.496 e. The van der Waals surface area contributed by atoms with Gasteiger partial charge in [-0.15, -0.1) is 0 Å². The molecule has 0 aliphatic carbocycles. The molecule has 0 saturated heterocycles. The lowest BCUT2D eigenvalue weighted by Gasteiger charge is -2.18. The van der Waals surface area contributed by atoms with Crippen LogP contribution in [0, 0.1) is 6.92 Å². The van der Waals surface area contributed by atoms with Crippen molar-refractivity contribution in [2.45, 2.75) is 19.8 Å². The van der Waals surface area contributed by atoms with E-state index in [-0.39, 0.29) is 12.5 Å². The van der Waals surface area contributed by atoms with Crippen molar-refractivity contribution in [2.24, 2.45) is 0 Å². The highest BCUT2D eigenvalue weighted by molar-refractivity contribution is 5.51. The molecule has 3 heteroatoms. The van der Waals surface area contributed by atoms with E-state index in [2.05, 4.69) is 0 Å². The zero-order chi connectivity index (χ0) is 11.4. The summed E-state index contributed by atoms with van der Waals surface area (Å²) in [7, 11) is 3.26. The summed E-state index contributed by atoms with van der Waals surface area (Å²) in [5.74, 6) is 1.57. The number of rotatable bonds is 4. The van der Waals surface area contributed by atoms with Crippen LogP contribution in [-0.2, 0) is 0 Å². The van der Waals surface area contributed by atoms with E-state index in [4.69, 9.17) is 9.47 Å². The monoisotopic (exact) mass is 210 g/mol. The molecule has 0 radical (unpaired) electrons. The summed E-state index contributed by atoms with van der Waals surface area (Å²) in [6.07, 6.45) is 0. The Balaban J connectivity index is 3.33. The summed E-state index contributed by atoms with van der Waals surface area (Å²) in [5, 5.41) is 9.21. The molecular weight excluding hydrogens is 192 g/mol. The molecule has 0 bridgehead atoms. The molecule has 0 aliphatic heterocycles. The van der Waals surface area contributed by atoms with Crippen molar-refractivity contribution in [2.75, 3.05) is 20.8 Å². The minimum atomic E-state index is 0.00907. The number of methoxy groups -OCH3 is 2. The number of aryl methyl sites for hydroxylation is 1. The van der Waals surface area contributed by atoms with Gasteiger partial charge in [0, 0.05) is 18.1 Å². The van der Waals surface area contributed by atoms with E-state index < -0.39 is 0 Å². The first-order valence-electron chi connectivity index (χ1n) is 4.98. The number of aliphatic hydroxyl groups excluding tert-OH is 1. The highest BCUT2D eigenvalue weighted by Gasteiger charge is 2.18. The normalized spacial score (nSPS) is 12.3. The van der Waals surface area contributed by atoms with Crippen LogP contribution in [0.1, 0.15) is 24.0 Å². The molecule has 0 aliphatic rings. The Morgan fingerprint density at radius 1 is 1.27 bits per heavy atom. The van der Waals surface area contributed by atoms with Gasteiger partial charge in [0.1, 0.15) is 11.5 Å². The zero-order valence-electron chi connectivity index (χ0n) is 9.70. The molecule has 1 N–H and O–H groups in total. The number of hydrogen-bond acceptors (Lipinski definition) is 3. The first-order valence-corrected chi connectivity index (χ1v) is 4.98. The SMILES string of the molecule is COc1ccc(C)c(OC)c1C(C)CO. The molecule has 0 aromatic heterocycles. The molecule has 0 spiro atoms. The summed E-state index contributed by atoms with van der Waals surface area (Å²) in [4.78, 5) is 0. The number of ether oxygens (including phenoxy) is 2. The first-order chi connectivity index (χ1) is 7.15. The molecule has 84 valence electrons. The van der Waals surface area contributed by atoms with Gasteiger partial charge in [-0.2, -0.15) is 0 Å². The Kier molecular flexibility index (Phi) is 3.97. The topological polar surface area (TPSA) is 38.7 Å². The third-order valence-corrected chi connectivity index (χ3v) is 2.54. The number of benzene rings is 1. The van der Waals surface area contributed by atoms with Gasteiger partial charge in [0.15, 0.2) is 0 Å². The summed E-state index contributed by atoms with van der Waals surface area (Å²) in [5.41, 5.74) is 1.98. The Morgan fingerprint density at radius 3 is 2.40 bits per heavy atom. The van der Waals surface area contributed by atoms with E-state index in [1.807, 2.05) is 26.0 Å². The van der Waals surface area contributed by atoms with Crippen molar-refractivity contribution in [3.63, 3.8) is 0 Å². The first kappa shape index (κ1) is 11.9. The third kappa shape index (κ3) is 2.23. The smallest absolute Gasteiger partial charge is 0.129 e. The zero-order valence-corrected chi connectivity index (χ0v) is 9.70. The molecule has 1 aromatic carbocycles. The van der Waals surface area contributed by atoms with Crippen LogP contribution in [0.5, 0.6) is 11.5 Å². The van der Waals surface area contributed by atoms with E-state index in [0.717, 1.165) is 22.6 Å². The lowest BCUT2D eigenvalue weighted by Crippen LogP contribution is -2.05. The van der Waals surface area contributed by atoms with Crippen molar-refractivity contribution < 1.29 is 14.6 Å². The molecule has 15 heavy (non-hydrogen) atoms. The minimum absolute atomic E-state index is 0.00907. The van der Waals surface area contributed by atoms with Crippen LogP contribution in [0.4, 0.5) is 0 Å². The van der Waals surface area contributed by atoms with Crippen molar-refractivity contribution in [1.29, 1.82) is 0 Å². The molecule has 1 aromatic rings. The van der Waals surface area contributed by atoms with Gasteiger partial charge < -0.3 is 14.6 Å². The summed E-state index contributed by atoms with van der Waals surface area (Å²) < 4.78 is 10.6. The van der Waals surface area contributed by atoms with Gasteiger partial charge in [-0.1, -0.05) is 13.0 Å². The van der Waals surface area contributed by atoms with Crippen LogP contribution in [0.2, 0.25) is 0 Å². The van der Waals surface area contributed by atoms with Gasteiger partial charge in [0.05, 0.1) is 14.2 Å². The average molecular weight is 210 g/mol. The maximum absolute atomic E-state index is 9.21. The lowest BCUT2D eigenvalue weighted by atomic mass is 9.97. The molecule has 0 heterocycles. The molecule has 1 rings (SSSR count). The summed E-state index contributed by atoms with van der Waals surface area (Å²) in [6.45, 7) is 4.00. The lowest BCUT2D eigenvalue weighted by molar-refractivity contribution is 0.265. The Labute approximate surface area is 90.6 Å². The fourth-order valence-corrected chi connectivity index (χ4v) is 1.70. The van der Waals surface area contributed by atoms with Gasteiger partial charge in [-0.05, 0) is 18.6 Å². The van der Waals surface area contributed by atoms with Crippen molar-refractivity contribution in [1.82, 2.24) is 0 Å². The Morgan fingerprint density at radius 2 is 1.93 bits per heavy atom. The van der Waals surface area contributed by atoms with Gasteiger partial charge in [0.2, 0.25) is 0 Å². The maximum atomic E-state index is 9.21. The van der Waals surface area contributed by atoms with Gasteiger partial charge >= 0.3 is 0 Å². The number of aliphatic hydroxyl groups is 1. The van der Waals surface area contributed by atoms with E-state index in [1.54, 1.807) is 14.2 Å². The van der Waals surface area contributed by atoms with Crippen molar-refractivity contribution in [3.8, 4) is 11.5 Å². The van der Waals surface area contributed by atoms with Crippen molar-refractivity contribution in [3.05, 3.63) is 23.3 Å². The van der Waals surface area contributed by atoms with E-state index >= 15 is 0 Å². The molecule has 0 fully saturated rings. The van der Waals surface area contributed by atoms with Gasteiger partial charge in [0.25, 0.3) is 0 Å². The predicted molar refractivity (Wildman–Crippen MR) is 59.8 cm³/mol. The second-order valence-electron chi connectivity index (χ2n) is 3.62. The fraction of sp³-hybridized carbons (Fsp3) is 0.500. The molecular formula is C12H18O3.